The van der Waals surface area contributed by atoms with Gasteiger partial charge in [-0.1, -0.05) is 5.92 Å². The molecule has 0 saturated heterocycles. The molecule has 6 heteroatoms. The fourth-order valence-electron chi connectivity index (χ4n) is 0.740. The number of esters is 1. The van der Waals surface area contributed by atoms with Crippen LogP contribution in [-0.4, -0.2) is 42.6 Å². The first-order valence-corrected chi connectivity index (χ1v) is 4.51. The lowest BCUT2D eigenvalue weighted by atomic mass is 10.2. The number of hydrogen-bond donors (Lipinski definition) is 1. The third-order valence-electron chi connectivity index (χ3n) is 1.47. The van der Waals surface area contributed by atoms with Crippen LogP contribution in [0.15, 0.2) is 0 Å². The van der Waals surface area contributed by atoms with E-state index < -0.39 is 17.7 Å². The predicted molar refractivity (Wildman–Crippen MR) is 52.5 cm³/mol. The number of hydrogen-bond acceptors (Lipinski definition) is 5. The minimum absolute atomic E-state index is 0.0295. The van der Waals surface area contributed by atoms with Crippen molar-refractivity contribution in [3.8, 4) is 12.3 Å². The van der Waals surface area contributed by atoms with Gasteiger partial charge in [0.05, 0.1) is 13.0 Å². The molecule has 0 aliphatic heterocycles. The minimum atomic E-state index is -1.55. The molecule has 0 unspecified atom stereocenters. The Morgan fingerprint density at radius 1 is 1.19 bits per heavy atom. The van der Waals surface area contributed by atoms with E-state index in [2.05, 4.69) is 10.7 Å². The highest BCUT2D eigenvalue weighted by atomic mass is 16.6. The molecule has 0 radical (unpaired) electrons. The van der Waals surface area contributed by atoms with Crippen LogP contribution in [0.25, 0.3) is 0 Å². The van der Waals surface area contributed by atoms with E-state index in [1.54, 1.807) is 0 Å². The Kier molecular flexibility index (Phi) is 7.45. The van der Waals surface area contributed by atoms with Crippen LogP contribution in [-0.2, 0) is 23.9 Å². The van der Waals surface area contributed by atoms with Gasteiger partial charge in [-0.05, 0) is 0 Å². The molecule has 0 aromatic rings. The first-order valence-electron chi connectivity index (χ1n) is 4.51. The molecule has 0 aromatic heterocycles. The topological polar surface area (TPSA) is 89.9 Å². The van der Waals surface area contributed by atoms with Gasteiger partial charge in [-0.15, -0.1) is 6.42 Å². The minimum Gasteiger partial charge on any atom is -0.476 e. The van der Waals surface area contributed by atoms with Gasteiger partial charge in [0.1, 0.15) is 13.2 Å². The van der Waals surface area contributed by atoms with Crippen LogP contribution in [0.1, 0.15) is 12.8 Å². The van der Waals surface area contributed by atoms with E-state index in [0.717, 1.165) is 0 Å². The van der Waals surface area contributed by atoms with Gasteiger partial charge in [-0.25, -0.2) is 4.79 Å². The molecule has 0 heterocycles. The Hall–Kier alpha value is -1.87. The van der Waals surface area contributed by atoms with Crippen molar-refractivity contribution in [1.29, 1.82) is 0 Å². The summed E-state index contributed by atoms with van der Waals surface area (Å²) in [7, 11) is 0. The van der Waals surface area contributed by atoms with Gasteiger partial charge in [0.25, 0.3) is 0 Å². The highest BCUT2D eigenvalue weighted by Gasteiger charge is 2.13. The average Bonchev–Trinajstić information content (AvgIpc) is 2.25. The fraction of sp³-hybridized carbons (Fsp3) is 0.500. The molecule has 1 N–H and O–H groups in total. The fourth-order valence-corrected chi connectivity index (χ4v) is 0.740. The summed E-state index contributed by atoms with van der Waals surface area (Å²) in [5, 5.41) is 8.23. The van der Waals surface area contributed by atoms with Gasteiger partial charge in [0.15, 0.2) is 0 Å². The van der Waals surface area contributed by atoms with Crippen molar-refractivity contribution in [2.75, 3.05) is 19.8 Å². The number of carboxylic acid groups (broad SMARTS) is 1. The summed E-state index contributed by atoms with van der Waals surface area (Å²) in [5.74, 6) is -0.968. The first kappa shape index (κ1) is 14.1. The van der Waals surface area contributed by atoms with Crippen LogP contribution >= 0.6 is 0 Å². The van der Waals surface area contributed by atoms with E-state index in [1.165, 1.54) is 0 Å². The number of carboxylic acids is 1. The zero-order valence-corrected chi connectivity index (χ0v) is 8.60. The van der Waals surface area contributed by atoms with E-state index in [1.807, 2.05) is 0 Å². The highest BCUT2D eigenvalue weighted by Crippen LogP contribution is 1.94. The Bertz CT molecular complexity index is 301. The average molecular weight is 228 g/mol. The van der Waals surface area contributed by atoms with E-state index >= 15 is 0 Å². The normalized spacial score (nSPS) is 9.19. The first-order chi connectivity index (χ1) is 7.57. The van der Waals surface area contributed by atoms with Crippen molar-refractivity contribution < 1.29 is 29.0 Å². The van der Waals surface area contributed by atoms with Crippen molar-refractivity contribution in [2.45, 2.75) is 12.8 Å². The zero-order chi connectivity index (χ0) is 12.4. The van der Waals surface area contributed by atoms with Gasteiger partial charge in [0.2, 0.25) is 5.78 Å². The molecule has 88 valence electrons. The quantitative estimate of drug-likeness (QED) is 0.263. The molecule has 0 atom stereocenters. The Morgan fingerprint density at radius 3 is 2.44 bits per heavy atom. The molecular weight excluding hydrogens is 216 g/mol. The molecule has 0 aliphatic rings. The second kappa shape index (κ2) is 8.44. The SMILES string of the molecule is C#CCOCCOC(=O)CCC(=O)C(=O)O. The molecule has 0 aromatic carbocycles. The summed E-state index contributed by atoms with van der Waals surface area (Å²) in [4.78, 5) is 31.7. The number of terminal acetylenes is 1. The molecule has 0 bridgehead atoms. The van der Waals surface area contributed by atoms with E-state index in [0.29, 0.717) is 0 Å². The van der Waals surface area contributed by atoms with Gasteiger partial charge < -0.3 is 14.6 Å². The van der Waals surface area contributed by atoms with Crippen LogP contribution in [0.2, 0.25) is 0 Å². The second-order valence-electron chi connectivity index (χ2n) is 2.71. The summed E-state index contributed by atoms with van der Waals surface area (Å²) in [6.45, 7) is 0.333. The summed E-state index contributed by atoms with van der Waals surface area (Å²) in [6.07, 6.45) is 4.29. The Morgan fingerprint density at radius 2 is 1.88 bits per heavy atom. The molecule has 0 spiro atoms. The molecule has 16 heavy (non-hydrogen) atoms. The number of Topliss-reactive ketones (excluding diaryl/α,β-unsaturated/α-hetero) is 1. The molecule has 0 rings (SSSR count). The number of rotatable bonds is 8. The standard InChI is InChI=1S/C10H12O6/c1-2-5-15-6-7-16-9(12)4-3-8(11)10(13)14/h1H,3-7H2,(H,13,14). The van der Waals surface area contributed by atoms with E-state index in [4.69, 9.17) is 16.3 Å². The van der Waals surface area contributed by atoms with Gasteiger partial charge in [0, 0.05) is 6.42 Å². The second-order valence-corrected chi connectivity index (χ2v) is 2.71. The van der Waals surface area contributed by atoms with E-state index in [9.17, 15) is 14.4 Å². The number of ketones is 1. The molecule has 0 aliphatic carbocycles. The number of ether oxygens (including phenoxy) is 2. The third kappa shape index (κ3) is 7.53. The number of carbonyl (C=O) groups excluding carboxylic acids is 2. The zero-order valence-electron chi connectivity index (χ0n) is 8.60. The summed E-state index contributed by atoms with van der Waals surface area (Å²) in [6, 6.07) is 0. The van der Waals surface area contributed by atoms with Crippen molar-refractivity contribution in [3.05, 3.63) is 0 Å². The maximum absolute atomic E-state index is 10.9. The van der Waals surface area contributed by atoms with Crippen molar-refractivity contribution in [1.82, 2.24) is 0 Å². The van der Waals surface area contributed by atoms with Crippen molar-refractivity contribution in [2.24, 2.45) is 0 Å². The third-order valence-corrected chi connectivity index (χ3v) is 1.47. The number of carbonyl (C=O) groups is 3. The largest absolute Gasteiger partial charge is 0.476 e. The molecule has 6 nitrogen and oxygen atoms in total. The van der Waals surface area contributed by atoms with Crippen LogP contribution in [0.4, 0.5) is 0 Å². The smallest absolute Gasteiger partial charge is 0.372 e. The van der Waals surface area contributed by atoms with Gasteiger partial charge in [-0.3, -0.25) is 9.59 Å². The van der Waals surface area contributed by atoms with Crippen molar-refractivity contribution >= 4 is 17.7 Å². The van der Waals surface area contributed by atoms with Crippen LogP contribution < -0.4 is 0 Å². The van der Waals surface area contributed by atoms with Crippen LogP contribution in [0.3, 0.4) is 0 Å². The number of aliphatic carboxylic acids is 1. The van der Waals surface area contributed by atoms with E-state index in [-0.39, 0.29) is 32.7 Å². The van der Waals surface area contributed by atoms with Crippen LogP contribution in [0, 0.1) is 12.3 Å². The van der Waals surface area contributed by atoms with Gasteiger partial charge >= 0.3 is 11.9 Å². The van der Waals surface area contributed by atoms with Gasteiger partial charge in [-0.2, -0.15) is 0 Å². The molecule has 0 amide bonds. The predicted octanol–water partition coefficient (Wildman–Crippen LogP) is -0.387. The highest BCUT2D eigenvalue weighted by molar-refractivity contribution is 6.32. The maximum atomic E-state index is 10.9. The van der Waals surface area contributed by atoms with Crippen molar-refractivity contribution in [3.63, 3.8) is 0 Å². The lowest BCUT2D eigenvalue weighted by Gasteiger charge is -2.03. The Balaban J connectivity index is 3.49. The lowest BCUT2D eigenvalue weighted by molar-refractivity contribution is -0.151. The molecule has 0 fully saturated rings. The summed E-state index contributed by atoms with van der Waals surface area (Å²) >= 11 is 0. The lowest BCUT2D eigenvalue weighted by Crippen LogP contribution is -2.16. The maximum Gasteiger partial charge on any atom is 0.372 e. The monoisotopic (exact) mass is 228 g/mol. The molecule has 0 saturated carbocycles. The molecular formula is C10H12O6. The summed E-state index contributed by atoms with van der Waals surface area (Å²) < 4.78 is 9.46. The summed E-state index contributed by atoms with van der Waals surface area (Å²) in [5.41, 5.74) is 0. The Labute approximate surface area is 92.5 Å². The van der Waals surface area contributed by atoms with Crippen LogP contribution in [0.5, 0.6) is 0 Å².